The fourth-order valence-electron chi connectivity index (χ4n) is 1.75. The summed E-state index contributed by atoms with van der Waals surface area (Å²) in [7, 11) is 2.96. The quantitative estimate of drug-likeness (QED) is 0.634. The molecular formula is C13H25N3O4. The number of amides is 3. The van der Waals surface area contributed by atoms with Gasteiger partial charge in [0.1, 0.15) is 6.04 Å². The lowest BCUT2D eigenvalue weighted by atomic mass is 9.98. The van der Waals surface area contributed by atoms with Crippen molar-refractivity contribution in [3.63, 3.8) is 0 Å². The van der Waals surface area contributed by atoms with E-state index in [4.69, 9.17) is 5.73 Å². The molecule has 3 amide bonds. The van der Waals surface area contributed by atoms with Crippen molar-refractivity contribution < 1.29 is 19.1 Å². The fraction of sp³-hybridized carbons (Fsp3) is 0.769. The van der Waals surface area contributed by atoms with E-state index in [1.165, 1.54) is 12.0 Å². The summed E-state index contributed by atoms with van der Waals surface area (Å²) in [5.74, 6) is -0.527. The lowest BCUT2D eigenvalue weighted by molar-refractivity contribution is -0.141. The predicted octanol–water partition coefficient (Wildman–Crippen LogP) is 0.481. The molecule has 0 aliphatic rings. The maximum Gasteiger partial charge on any atom is 0.312 e. The number of hydrogen-bond acceptors (Lipinski definition) is 4. The van der Waals surface area contributed by atoms with Gasteiger partial charge in [0.25, 0.3) is 0 Å². The molecule has 7 heteroatoms. The number of rotatable bonds is 8. The van der Waals surface area contributed by atoms with Crippen molar-refractivity contribution in [3.05, 3.63) is 0 Å². The highest BCUT2D eigenvalue weighted by Crippen LogP contribution is 2.10. The number of likely N-dealkylation sites (N-methyl/N-ethyl adjacent to an activating group) is 1. The summed E-state index contributed by atoms with van der Waals surface area (Å²) in [4.78, 5) is 35.7. The highest BCUT2D eigenvalue weighted by atomic mass is 16.5. The van der Waals surface area contributed by atoms with Crippen molar-refractivity contribution in [1.82, 2.24) is 10.2 Å². The summed E-state index contributed by atoms with van der Waals surface area (Å²) in [6.45, 7) is 4.23. The molecule has 0 saturated heterocycles. The van der Waals surface area contributed by atoms with Crippen LogP contribution in [0.25, 0.3) is 0 Å². The van der Waals surface area contributed by atoms with Crippen molar-refractivity contribution >= 4 is 17.9 Å². The van der Waals surface area contributed by atoms with Crippen LogP contribution in [0.1, 0.15) is 33.1 Å². The second-order valence-electron chi connectivity index (χ2n) is 4.81. The molecule has 3 N–H and O–H groups in total. The van der Waals surface area contributed by atoms with Crippen LogP contribution in [0.3, 0.4) is 0 Å². The summed E-state index contributed by atoms with van der Waals surface area (Å²) >= 11 is 0. The number of nitrogens with one attached hydrogen (secondary N) is 1. The molecule has 0 heterocycles. The first-order valence-electron chi connectivity index (χ1n) is 6.71. The molecule has 0 saturated carbocycles. The smallest absolute Gasteiger partial charge is 0.312 e. The highest BCUT2D eigenvalue weighted by molar-refractivity contribution is 5.86. The Hall–Kier alpha value is -1.79. The van der Waals surface area contributed by atoms with E-state index in [2.05, 4.69) is 10.1 Å². The van der Waals surface area contributed by atoms with Gasteiger partial charge in [-0.3, -0.25) is 9.59 Å². The molecule has 0 aromatic rings. The number of nitrogens with zero attached hydrogens (tertiary/aromatic N) is 1. The average molecular weight is 287 g/mol. The van der Waals surface area contributed by atoms with Gasteiger partial charge in [-0.1, -0.05) is 20.3 Å². The molecule has 116 valence electrons. The Kier molecular flexibility index (Phi) is 8.35. The van der Waals surface area contributed by atoms with Gasteiger partial charge in [-0.2, -0.15) is 0 Å². The topological polar surface area (TPSA) is 102 Å². The molecule has 0 aromatic heterocycles. The molecule has 20 heavy (non-hydrogen) atoms. The Morgan fingerprint density at radius 2 is 1.95 bits per heavy atom. The first-order chi connectivity index (χ1) is 9.33. The van der Waals surface area contributed by atoms with E-state index < -0.39 is 12.1 Å². The molecule has 0 radical (unpaired) electrons. The molecule has 7 nitrogen and oxygen atoms in total. The van der Waals surface area contributed by atoms with Gasteiger partial charge in [-0.15, -0.1) is 0 Å². The third-order valence-electron chi connectivity index (χ3n) is 3.26. The van der Waals surface area contributed by atoms with Crippen LogP contribution < -0.4 is 11.1 Å². The largest absolute Gasteiger partial charge is 0.469 e. The summed E-state index contributed by atoms with van der Waals surface area (Å²) in [5, 5.41) is 2.48. The van der Waals surface area contributed by atoms with Crippen LogP contribution in [0, 0.1) is 5.92 Å². The first kappa shape index (κ1) is 18.2. The summed E-state index contributed by atoms with van der Waals surface area (Å²) in [5.41, 5.74) is 5.10. The van der Waals surface area contributed by atoms with Crippen LogP contribution in [0.4, 0.5) is 4.79 Å². The van der Waals surface area contributed by atoms with Crippen LogP contribution >= 0.6 is 0 Å². The maximum atomic E-state index is 12.3. The second-order valence-corrected chi connectivity index (χ2v) is 4.81. The van der Waals surface area contributed by atoms with Gasteiger partial charge in [0.2, 0.25) is 5.91 Å². The van der Waals surface area contributed by atoms with Crippen molar-refractivity contribution in [1.29, 1.82) is 0 Å². The molecule has 0 spiro atoms. The Labute approximate surface area is 119 Å². The molecule has 2 atom stereocenters. The average Bonchev–Trinajstić information content (AvgIpc) is 2.42. The molecule has 2 unspecified atom stereocenters. The Bertz CT molecular complexity index is 347. The number of hydrogen-bond donors (Lipinski definition) is 2. The van der Waals surface area contributed by atoms with Gasteiger partial charge in [-0.05, 0) is 12.3 Å². The third-order valence-corrected chi connectivity index (χ3v) is 3.26. The Balaban J connectivity index is 4.47. The number of methoxy groups -OCH3 is 1. The van der Waals surface area contributed by atoms with Crippen molar-refractivity contribution in [2.75, 3.05) is 20.7 Å². The van der Waals surface area contributed by atoms with Crippen LogP contribution in [-0.4, -0.2) is 49.6 Å². The Morgan fingerprint density at radius 3 is 2.40 bits per heavy atom. The number of primary amides is 1. The van der Waals surface area contributed by atoms with Gasteiger partial charge >= 0.3 is 12.0 Å². The highest BCUT2D eigenvalue weighted by Gasteiger charge is 2.27. The molecule has 0 aromatic carbocycles. The molecule has 0 rings (SSSR count). The molecular weight excluding hydrogens is 262 g/mol. The van der Waals surface area contributed by atoms with E-state index in [0.717, 1.165) is 6.42 Å². The second kappa shape index (κ2) is 9.17. The Morgan fingerprint density at radius 1 is 1.35 bits per heavy atom. The molecule has 0 aliphatic heterocycles. The standard InChI is InChI=1S/C13H25N3O4/c1-5-9(2)11(15-13(14)19)12(18)16(3)8-6-7-10(17)20-4/h9,11H,5-8H2,1-4H3,(H3,14,15,19). The first-order valence-corrected chi connectivity index (χ1v) is 6.71. The van der Waals surface area contributed by atoms with Crippen LogP contribution in [0.15, 0.2) is 0 Å². The van der Waals surface area contributed by atoms with Gasteiger partial charge in [0.15, 0.2) is 0 Å². The van der Waals surface area contributed by atoms with Gasteiger partial charge in [0, 0.05) is 20.0 Å². The SMILES string of the molecule is CCC(C)C(NC(N)=O)C(=O)N(C)CCCC(=O)OC. The number of carbonyl (C=O) groups excluding carboxylic acids is 3. The lowest BCUT2D eigenvalue weighted by Crippen LogP contribution is -2.52. The van der Waals surface area contributed by atoms with Gasteiger partial charge in [0.05, 0.1) is 7.11 Å². The van der Waals surface area contributed by atoms with E-state index in [0.29, 0.717) is 13.0 Å². The summed E-state index contributed by atoms with van der Waals surface area (Å²) in [6.07, 6.45) is 1.51. The zero-order chi connectivity index (χ0) is 15.7. The normalized spacial score (nSPS) is 13.2. The zero-order valence-corrected chi connectivity index (χ0v) is 12.6. The van der Waals surface area contributed by atoms with Crippen LogP contribution in [0.5, 0.6) is 0 Å². The van der Waals surface area contributed by atoms with Gasteiger partial charge in [-0.25, -0.2) is 4.79 Å². The van der Waals surface area contributed by atoms with Crippen molar-refractivity contribution in [3.8, 4) is 0 Å². The van der Waals surface area contributed by atoms with Crippen LogP contribution in [0.2, 0.25) is 0 Å². The maximum absolute atomic E-state index is 12.3. The third kappa shape index (κ3) is 6.40. The lowest BCUT2D eigenvalue weighted by Gasteiger charge is -2.27. The minimum atomic E-state index is -0.716. The van der Waals surface area contributed by atoms with Gasteiger partial charge < -0.3 is 20.7 Å². The zero-order valence-electron chi connectivity index (χ0n) is 12.6. The monoisotopic (exact) mass is 287 g/mol. The number of ether oxygens (including phenoxy) is 1. The van der Waals surface area contributed by atoms with Crippen molar-refractivity contribution in [2.24, 2.45) is 11.7 Å². The van der Waals surface area contributed by atoms with Crippen molar-refractivity contribution in [2.45, 2.75) is 39.2 Å². The van der Waals surface area contributed by atoms with E-state index in [1.54, 1.807) is 7.05 Å². The number of nitrogens with two attached hydrogens (primary N) is 1. The summed E-state index contributed by atoms with van der Waals surface area (Å²) < 4.78 is 4.53. The number of urea groups is 1. The van der Waals surface area contributed by atoms with E-state index in [1.807, 2.05) is 13.8 Å². The molecule has 0 fully saturated rings. The minimum absolute atomic E-state index is 0.0157. The van der Waals surface area contributed by atoms with E-state index in [9.17, 15) is 14.4 Å². The number of esters is 1. The molecule has 0 bridgehead atoms. The van der Waals surface area contributed by atoms with E-state index in [-0.39, 0.29) is 24.2 Å². The fourth-order valence-corrected chi connectivity index (χ4v) is 1.75. The summed E-state index contributed by atoms with van der Waals surface area (Å²) in [6, 6.07) is -1.35. The van der Waals surface area contributed by atoms with E-state index >= 15 is 0 Å². The predicted molar refractivity (Wildman–Crippen MR) is 74.8 cm³/mol. The van der Waals surface area contributed by atoms with Crippen LogP contribution in [-0.2, 0) is 14.3 Å². The number of carbonyl (C=O) groups is 3. The minimum Gasteiger partial charge on any atom is -0.469 e. The molecule has 0 aliphatic carbocycles.